The maximum absolute atomic E-state index is 13.4. The summed E-state index contributed by atoms with van der Waals surface area (Å²) in [5.41, 5.74) is 5.69. The summed E-state index contributed by atoms with van der Waals surface area (Å²) >= 11 is 6.26. The number of benzene rings is 1. The molecule has 9 heteroatoms. The molecule has 3 aliphatic rings. The summed E-state index contributed by atoms with van der Waals surface area (Å²) in [5, 5.41) is 5.02. The number of hydrogen-bond acceptors (Lipinski definition) is 5. The first-order valence-electron chi connectivity index (χ1n) is 12.8. The first kappa shape index (κ1) is 22.3. The minimum Gasteiger partial charge on any atom is -0.378 e. The number of rotatable bonds is 5. The molecule has 1 saturated carbocycles. The minimum absolute atomic E-state index is 0.0828. The predicted molar refractivity (Wildman–Crippen MR) is 139 cm³/mol. The van der Waals surface area contributed by atoms with Crippen LogP contribution in [0, 0.1) is 5.92 Å². The molecule has 7 rings (SSSR count). The zero-order valence-corrected chi connectivity index (χ0v) is 21.1. The van der Waals surface area contributed by atoms with E-state index in [0.29, 0.717) is 24.2 Å². The third-order valence-corrected chi connectivity index (χ3v) is 8.00. The molecule has 0 radical (unpaired) electrons. The van der Waals surface area contributed by atoms with Gasteiger partial charge in [0.2, 0.25) is 0 Å². The fourth-order valence-corrected chi connectivity index (χ4v) is 5.80. The van der Waals surface area contributed by atoms with Gasteiger partial charge >= 0.3 is 0 Å². The van der Waals surface area contributed by atoms with Crippen molar-refractivity contribution in [2.24, 2.45) is 13.0 Å². The highest BCUT2D eigenvalue weighted by Crippen LogP contribution is 2.37. The van der Waals surface area contributed by atoms with E-state index in [1.165, 1.54) is 12.8 Å². The Kier molecular flexibility index (Phi) is 5.30. The van der Waals surface area contributed by atoms with Crippen molar-refractivity contribution in [3.8, 4) is 11.5 Å². The van der Waals surface area contributed by atoms with Crippen LogP contribution in [0.4, 0.5) is 0 Å². The maximum atomic E-state index is 13.4. The van der Waals surface area contributed by atoms with E-state index >= 15 is 0 Å². The van der Waals surface area contributed by atoms with Gasteiger partial charge in [0.1, 0.15) is 10.8 Å². The number of nitrogens with one attached hydrogen (secondary N) is 1. The van der Waals surface area contributed by atoms with Crippen molar-refractivity contribution in [1.82, 2.24) is 29.3 Å². The van der Waals surface area contributed by atoms with Gasteiger partial charge in [-0.25, -0.2) is 9.97 Å². The lowest BCUT2D eigenvalue weighted by atomic mass is 9.97. The number of pyridine rings is 1. The van der Waals surface area contributed by atoms with Gasteiger partial charge < -0.3 is 24.1 Å². The van der Waals surface area contributed by atoms with E-state index < -0.39 is 0 Å². The van der Waals surface area contributed by atoms with E-state index in [0.717, 1.165) is 77.4 Å². The summed E-state index contributed by atoms with van der Waals surface area (Å²) in [5.74, 6) is 1.64. The van der Waals surface area contributed by atoms with Crippen LogP contribution >= 0.6 is 11.6 Å². The Hall–Kier alpha value is -2.94. The third-order valence-electron chi connectivity index (χ3n) is 7.79. The molecule has 186 valence electrons. The standard InChI is InChI=1S/C27H29ClN6O2/c1-32-22-10-17-6-8-33(14-19-15-36-9-7-29-19)27(35)20(17)12-21(22)30-26(32)23-11-18-4-5-24(28)31-25(18)34(23)13-16-2-3-16/h4-5,10-12,16,19,29H,2-3,6-9,13-15H2,1H3. The van der Waals surface area contributed by atoms with Crippen LogP contribution in [0.25, 0.3) is 33.6 Å². The Morgan fingerprint density at radius 1 is 1.17 bits per heavy atom. The number of morpholine rings is 1. The van der Waals surface area contributed by atoms with Gasteiger partial charge in [-0.2, -0.15) is 0 Å². The van der Waals surface area contributed by atoms with E-state index in [9.17, 15) is 4.79 Å². The average Bonchev–Trinajstić information content (AvgIpc) is 3.57. The highest BCUT2D eigenvalue weighted by atomic mass is 35.5. The first-order valence-corrected chi connectivity index (χ1v) is 13.2. The van der Waals surface area contributed by atoms with Crippen LogP contribution in [-0.4, -0.2) is 68.8 Å². The molecule has 3 aromatic heterocycles. The smallest absolute Gasteiger partial charge is 0.254 e. The number of aromatic nitrogens is 4. The minimum atomic E-state index is 0.0828. The molecular formula is C27H29ClN6O2. The second-order valence-corrected chi connectivity index (χ2v) is 10.7. The van der Waals surface area contributed by atoms with Gasteiger partial charge in [-0.05, 0) is 61.1 Å². The number of imidazole rings is 1. The van der Waals surface area contributed by atoms with E-state index in [1.807, 2.05) is 23.1 Å². The molecule has 1 amide bonds. The number of aryl methyl sites for hydroxylation is 1. The summed E-state index contributed by atoms with van der Waals surface area (Å²) < 4.78 is 10.0. The second kappa shape index (κ2) is 8.57. The summed E-state index contributed by atoms with van der Waals surface area (Å²) in [6.07, 6.45) is 3.33. The number of amides is 1. The molecule has 5 heterocycles. The van der Waals surface area contributed by atoms with Crippen molar-refractivity contribution in [2.45, 2.75) is 31.8 Å². The SMILES string of the molecule is Cn1c(-c2cc3ccc(Cl)nc3n2CC2CC2)nc2cc3c(cc21)CCN(CC1COCCN1)C3=O. The van der Waals surface area contributed by atoms with Crippen LogP contribution in [0.15, 0.2) is 30.3 Å². The van der Waals surface area contributed by atoms with Gasteiger partial charge in [0, 0.05) is 50.2 Å². The quantitative estimate of drug-likeness (QED) is 0.420. The van der Waals surface area contributed by atoms with Crippen LogP contribution < -0.4 is 5.32 Å². The van der Waals surface area contributed by atoms with E-state index in [-0.39, 0.29) is 11.9 Å². The van der Waals surface area contributed by atoms with Gasteiger partial charge in [-0.3, -0.25) is 4.79 Å². The fourth-order valence-electron chi connectivity index (χ4n) is 5.65. The van der Waals surface area contributed by atoms with Crippen LogP contribution in [0.5, 0.6) is 0 Å². The molecule has 0 spiro atoms. The van der Waals surface area contributed by atoms with Gasteiger partial charge in [0.05, 0.1) is 29.9 Å². The van der Waals surface area contributed by atoms with Crippen molar-refractivity contribution in [1.29, 1.82) is 0 Å². The first-order chi connectivity index (χ1) is 17.5. The Balaban J connectivity index is 1.28. The van der Waals surface area contributed by atoms with Crippen LogP contribution in [-0.2, 0) is 24.8 Å². The van der Waals surface area contributed by atoms with Gasteiger partial charge in [-0.15, -0.1) is 0 Å². The molecule has 1 saturated heterocycles. The predicted octanol–water partition coefficient (Wildman–Crippen LogP) is 3.64. The van der Waals surface area contributed by atoms with Crippen LogP contribution in [0.3, 0.4) is 0 Å². The number of hydrogen-bond donors (Lipinski definition) is 1. The highest BCUT2D eigenvalue weighted by Gasteiger charge is 2.30. The Morgan fingerprint density at radius 3 is 2.86 bits per heavy atom. The summed E-state index contributed by atoms with van der Waals surface area (Å²) in [7, 11) is 2.06. The number of nitrogens with zero attached hydrogens (tertiary/aromatic N) is 5. The van der Waals surface area contributed by atoms with Gasteiger partial charge in [-0.1, -0.05) is 11.6 Å². The zero-order chi connectivity index (χ0) is 24.4. The van der Waals surface area contributed by atoms with Crippen LogP contribution in [0.1, 0.15) is 28.8 Å². The average molecular weight is 505 g/mol. The normalized spacial score (nSPS) is 20.4. The number of carbonyl (C=O) groups is 1. The van der Waals surface area contributed by atoms with Gasteiger partial charge in [0.25, 0.3) is 5.91 Å². The fraction of sp³-hybridized carbons (Fsp3) is 0.444. The van der Waals surface area contributed by atoms with Crippen molar-refractivity contribution in [2.75, 3.05) is 32.8 Å². The highest BCUT2D eigenvalue weighted by molar-refractivity contribution is 6.29. The van der Waals surface area contributed by atoms with Crippen molar-refractivity contribution < 1.29 is 9.53 Å². The molecule has 1 unspecified atom stereocenters. The molecule has 4 aromatic rings. The molecule has 2 fully saturated rings. The van der Waals surface area contributed by atoms with Crippen LogP contribution in [0.2, 0.25) is 5.15 Å². The molecule has 1 aliphatic carbocycles. The molecule has 8 nitrogen and oxygen atoms in total. The monoisotopic (exact) mass is 504 g/mol. The topological polar surface area (TPSA) is 77.2 Å². The number of ether oxygens (including phenoxy) is 1. The van der Waals surface area contributed by atoms with Crippen molar-refractivity contribution in [3.05, 3.63) is 46.6 Å². The molecule has 1 atom stereocenters. The lowest BCUT2D eigenvalue weighted by Gasteiger charge is -2.33. The zero-order valence-electron chi connectivity index (χ0n) is 20.3. The Bertz CT molecular complexity index is 1500. The largest absolute Gasteiger partial charge is 0.378 e. The number of halogens is 1. The van der Waals surface area contributed by atoms with Gasteiger partial charge in [0.15, 0.2) is 5.82 Å². The molecule has 2 aliphatic heterocycles. The molecular weight excluding hydrogens is 476 g/mol. The van der Waals surface area contributed by atoms with E-state index in [2.05, 4.69) is 38.6 Å². The van der Waals surface area contributed by atoms with E-state index in [1.54, 1.807) is 0 Å². The summed E-state index contributed by atoms with van der Waals surface area (Å²) in [6, 6.07) is 10.3. The molecule has 1 aromatic carbocycles. The summed E-state index contributed by atoms with van der Waals surface area (Å²) in [6.45, 7) is 4.52. The molecule has 0 bridgehead atoms. The maximum Gasteiger partial charge on any atom is 0.254 e. The lowest BCUT2D eigenvalue weighted by molar-refractivity contribution is 0.0512. The summed E-state index contributed by atoms with van der Waals surface area (Å²) in [4.78, 5) is 25.1. The van der Waals surface area contributed by atoms with Crippen molar-refractivity contribution in [3.63, 3.8) is 0 Å². The Morgan fingerprint density at radius 2 is 2.06 bits per heavy atom. The Labute approximate surface area is 214 Å². The number of fused-ring (bicyclic) bond motifs is 3. The molecule has 36 heavy (non-hydrogen) atoms. The lowest BCUT2D eigenvalue weighted by Crippen LogP contribution is -2.51. The second-order valence-electron chi connectivity index (χ2n) is 10.3. The number of carbonyl (C=O) groups excluding carboxylic acids is 1. The van der Waals surface area contributed by atoms with E-state index in [4.69, 9.17) is 21.3 Å². The van der Waals surface area contributed by atoms with Crippen molar-refractivity contribution >= 4 is 39.6 Å². The third kappa shape index (κ3) is 3.79. The molecule has 1 N–H and O–H groups in total.